The molecule has 0 unspecified atom stereocenters. The van der Waals surface area contributed by atoms with Gasteiger partial charge in [-0.15, -0.1) is 6.42 Å². The number of hydrogen-bond donors (Lipinski definition) is 0. The predicted octanol–water partition coefficient (Wildman–Crippen LogP) is 2.05. The van der Waals surface area contributed by atoms with Gasteiger partial charge < -0.3 is 0 Å². The number of hydrogen-bond acceptors (Lipinski definition) is 1. The Labute approximate surface area is 78.8 Å². The molecule has 66 valence electrons. The lowest BCUT2D eigenvalue weighted by molar-refractivity contribution is -0.113. The fourth-order valence-corrected chi connectivity index (χ4v) is 1.41. The molecular weight excluding hydrogens is 160 g/mol. The Morgan fingerprint density at radius 2 is 1.85 bits per heavy atom. The lowest BCUT2D eigenvalue weighted by Crippen LogP contribution is -1.99. The molecule has 0 radical (unpaired) electrons. The van der Waals surface area contributed by atoms with Gasteiger partial charge in [0.15, 0.2) is 0 Å². The van der Waals surface area contributed by atoms with Gasteiger partial charge >= 0.3 is 0 Å². The lowest BCUT2D eigenvalue weighted by Gasteiger charge is -2.01. The number of carbonyl (C=O) groups excluding carboxylic acids is 1. The first-order valence-corrected chi connectivity index (χ1v) is 4.18. The van der Waals surface area contributed by atoms with Gasteiger partial charge in [-0.25, -0.2) is 0 Å². The highest BCUT2D eigenvalue weighted by molar-refractivity contribution is 5.96. The topological polar surface area (TPSA) is 17.1 Å². The molecule has 0 aromatic heterocycles. The SMILES string of the molecule is C#CC(=O)Cc1cc(C)cc(C)c1. The average molecular weight is 172 g/mol. The number of Topliss-reactive ketones (excluding diaryl/α,β-unsaturated/α-hetero) is 1. The Balaban J connectivity index is 2.91. The van der Waals surface area contributed by atoms with E-state index >= 15 is 0 Å². The standard InChI is InChI=1S/C12H12O/c1-4-12(13)8-11-6-9(2)5-10(3)7-11/h1,5-7H,8H2,2-3H3. The summed E-state index contributed by atoms with van der Waals surface area (Å²) in [6, 6.07) is 6.05. The van der Waals surface area contributed by atoms with Gasteiger partial charge in [0, 0.05) is 6.42 Å². The van der Waals surface area contributed by atoms with Crippen LogP contribution in [0.3, 0.4) is 0 Å². The average Bonchev–Trinajstić information content (AvgIpc) is 2.02. The molecule has 13 heavy (non-hydrogen) atoms. The predicted molar refractivity (Wildman–Crippen MR) is 53.5 cm³/mol. The first-order valence-electron chi connectivity index (χ1n) is 4.18. The smallest absolute Gasteiger partial charge is 0.209 e. The Kier molecular flexibility index (Phi) is 2.87. The summed E-state index contributed by atoms with van der Waals surface area (Å²) in [5, 5.41) is 0. The number of ketones is 1. The van der Waals surface area contributed by atoms with Gasteiger partial charge in [0.05, 0.1) is 0 Å². The third-order valence-electron chi connectivity index (χ3n) is 1.81. The number of carbonyl (C=O) groups is 1. The molecule has 1 heteroatoms. The molecule has 1 aromatic rings. The van der Waals surface area contributed by atoms with Crippen molar-refractivity contribution in [1.82, 2.24) is 0 Å². The van der Waals surface area contributed by atoms with Crippen molar-refractivity contribution >= 4 is 5.78 Å². The first-order chi connectivity index (χ1) is 6.11. The van der Waals surface area contributed by atoms with E-state index in [1.54, 1.807) is 0 Å². The van der Waals surface area contributed by atoms with Gasteiger partial charge in [-0.1, -0.05) is 29.3 Å². The van der Waals surface area contributed by atoms with Crippen molar-refractivity contribution in [2.24, 2.45) is 0 Å². The minimum absolute atomic E-state index is 0.162. The molecule has 1 aromatic carbocycles. The normalized spacial score (nSPS) is 9.31. The van der Waals surface area contributed by atoms with E-state index in [1.165, 1.54) is 11.1 Å². The van der Waals surface area contributed by atoms with Crippen molar-refractivity contribution in [3.63, 3.8) is 0 Å². The Hall–Kier alpha value is -1.55. The van der Waals surface area contributed by atoms with Gasteiger partial charge in [0.2, 0.25) is 5.78 Å². The summed E-state index contributed by atoms with van der Waals surface area (Å²) >= 11 is 0. The van der Waals surface area contributed by atoms with E-state index in [0.717, 1.165) is 5.56 Å². The summed E-state index contributed by atoms with van der Waals surface area (Å²) in [6.07, 6.45) is 5.34. The molecule has 0 saturated heterocycles. The van der Waals surface area contributed by atoms with Crippen LogP contribution in [0, 0.1) is 26.2 Å². The summed E-state index contributed by atoms with van der Waals surface area (Å²) < 4.78 is 0. The van der Waals surface area contributed by atoms with E-state index in [0.29, 0.717) is 6.42 Å². The second-order valence-corrected chi connectivity index (χ2v) is 3.24. The maximum absolute atomic E-state index is 11.0. The number of aryl methyl sites for hydroxylation is 2. The van der Waals surface area contributed by atoms with Gasteiger partial charge in [-0.3, -0.25) is 4.79 Å². The fraction of sp³-hybridized carbons (Fsp3) is 0.250. The van der Waals surface area contributed by atoms with Gasteiger partial charge in [-0.05, 0) is 25.3 Å². The Morgan fingerprint density at radius 1 is 1.31 bits per heavy atom. The molecule has 0 bridgehead atoms. The minimum Gasteiger partial charge on any atom is -0.285 e. The van der Waals surface area contributed by atoms with Crippen LogP contribution < -0.4 is 0 Å². The largest absolute Gasteiger partial charge is 0.285 e. The van der Waals surface area contributed by atoms with Crippen LogP contribution in [-0.4, -0.2) is 5.78 Å². The Bertz CT molecular complexity index is 349. The molecule has 0 aliphatic heterocycles. The highest BCUT2D eigenvalue weighted by Gasteiger charge is 2.00. The molecule has 0 aliphatic carbocycles. The van der Waals surface area contributed by atoms with Crippen LogP contribution >= 0.6 is 0 Å². The van der Waals surface area contributed by atoms with Crippen molar-refractivity contribution in [1.29, 1.82) is 0 Å². The van der Waals surface area contributed by atoms with E-state index in [1.807, 2.05) is 26.0 Å². The number of benzene rings is 1. The van der Waals surface area contributed by atoms with Gasteiger partial charge in [0.25, 0.3) is 0 Å². The maximum Gasteiger partial charge on any atom is 0.209 e. The van der Waals surface area contributed by atoms with E-state index < -0.39 is 0 Å². The second kappa shape index (κ2) is 3.91. The highest BCUT2D eigenvalue weighted by Crippen LogP contribution is 2.09. The molecule has 0 amide bonds. The zero-order valence-corrected chi connectivity index (χ0v) is 7.92. The van der Waals surface area contributed by atoms with Crippen molar-refractivity contribution in [3.05, 3.63) is 34.9 Å². The molecule has 0 saturated carbocycles. The molecule has 0 spiro atoms. The summed E-state index contributed by atoms with van der Waals surface area (Å²) in [7, 11) is 0. The van der Waals surface area contributed by atoms with E-state index in [2.05, 4.69) is 12.0 Å². The maximum atomic E-state index is 11.0. The zero-order chi connectivity index (χ0) is 9.84. The van der Waals surface area contributed by atoms with Crippen LogP contribution in [0.25, 0.3) is 0 Å². The molecule has 0 fully saturated rings. The number of rotatable bonds is 2. The Morgan fingerprint density at radius 3 is 2.31 bits per heavy atom. The summed E-state index contributed by atoms with van der Waals surface area (Å²) in [4.78, 5) is 11.0. The van der Waals surface area contributed by atoms with E-state index in [-0.39, 0.29) is 5.78 Å². The van der Waals surface area contributed by atoms with Crippen LogP contribution in [-0.2, 0) is 11.2 Å². The van der Waals surface area contributed by atoms with Crippen LogP contribution in [0.2, 0.25) is 0 Å². The summed E-state index contributed by atoms with van der Waals surface area (Å²) in [5.41, 5.74) is 3.33. The van der Waals surface area contributed by atoms with Gasteiger partial charge in [0.1, 0.15) is 0 Å². The first kappa shape index (κ1) is 9.54. The molecule has 0 atom stereocenters. The molecule has 1 rings (SSSR count). The summed E-state index contributed by atoms with van der Waals surface area (Å²) in [6.45, 7) is 4.02. The van der Waals surface area contributed by atoms with E-state index in [9.17, 15) is 4.79 Å². The van der Waals surface area contributed by atoms with Crippen molar-refractivity contribution < 1.29 is 4.79 Å². The molecule has 1 nitrogen and oxygen atoms in total. The van der Waals surface area contributed by atoms with E-state index in [4.69, 9.17) is 6.42 Å². The monoisotopic (exact) mass is 172 g/mol. The lowest BCUT2D eigenvalue weighted by atomic mass is 10.0. The van der Waals surface area contributed by atoms with Crippen molar-refractivity contribution in [3.8, 4) is 12.3 Å². The molecule has 0 N–H and O–H groups in total. The fourth-order valence-electron chi connectivity index (χ4n) is 1.41. The van der Waals surface area contributed by atoms with Crippen molar-refractivity contribution in [2.75, 3.05) is 0 Å². The van der Waals surface area contributed by atoms with Crippen molar-refractivity contribution in [2.45, 2.75) is 20.3 Å². The third-order valence-corrected chi connectivity index (χ3v) is 1.81. The van der Waals surface area contributed by atoms with Gasteiger partial charge in [-0.2, -0.15) is 0 Å². The zero-order valence-electron chi connectivity index (χ0n) is 7.92. The van der Waals surface area contributed by atoms with Crippen LogP contribution in [0.5, 0.6) is 0 Å². The minimum atomic E-state index is -0.162. The van der Waals surface area contributed by atoms with Crippen LogP contribution in [0.15, 0.2) is 18.2 Å². The van der Waals surface area contributed by atoms with Crippen LogP contribution in [0.4, 0.5) is 0 Å². The molecular formula is C12H12O. The summed E-state index contributed by atoms with van der Waals surface area (Å²) in [5.74, 6) is 1.95. The third kappa shape index (κ3) is 2.76. The highest BCUT2D eigenvalue weighted by atomic mass is 16.1. The number of terminal acetylenes is 1. The second-order valence-electron chi connectivity index (χ2n) is 3.24. The van der Waals surface area contributed by atoms with Crippen LogP contribution in [0.1, 0.15) is 16.7 Å². The molecule has 0 aliphatic rings. The molecule has 0 heterocycles. The quantitative estimate of drug-likeness (QED) is 0.493.